The Balaban J connectivity index is 1.73. The number of unbranched alkanes of at least 4 members (excludes halogenated alkanes) is 1. The largest absolute Gasteiger partial charge is 0.454 e. The van der Waals surface area contributed by atoms with Crippen LogP contribution in [0.3, 0.4) is 0 Å². The van der Waals surface area contributed by atoms with Gasteiger partial charge in [0.25, 0.3) is 16.9 Å². The molecular formula is C22H18N6O7S. The molecule has 0 spiro atoms. The summed E-state index contributed by atoms with van der Waals surface area (Å²) >= 11 is 1.09. The highest BCUT2D eigenvalue weighted by Crippen LogP contribution is 2.38. The molecular weight excluding hydrogens is 492 g/mol. The molecule has 0 unspecified atom stereocenters. The van der Waals surface area contributed by atoms with E-state index < -0.39 is 26.8 Å². The molecule has 4 aromatic rings. The van der Waals surface area contributed by atoms with E-state index in [0.717, 1.165) is 41.3 Å². The van der Waals surface area contributed by atoms with E-state index in [1.807, 2.05) is 6.92 Å². The van der Waals surface area contributed by atoms with E-state index in [9.17, 15) is 25.0 Å². The fourth-order valence-electron chi connectivity index (χ4n) is 3.76. The number of aromatic nitrogens is 4. The van der Waals surface area contributed by atoms with E-state index in [-0.39, 0.29) is 23.2 Å². The number of hydrogen-bond donors (Lipinski definition) is 0. The van der Waals surface area contributed by atoms with Crippen molar-refractivity contribution < 1.29 is 19.3 Å². The SMILES string of the molecule is CCCCn1cnc2c(=O)n(-c3ccc([N+](=O)[O-])cc3[N+](=O)[O-])c(Sc3ccc4c(c3)OCO4)nc21. The van der Waals surface area contributed by atoms with Crippen LogP contribution in [0.15, 0.2) is 57.6 Å². The zero-order valence-corrected chi connectivity index (χ0v) is 19.6. The Hall–Kier alpha value is -4.46. The van der Waals surface area contributed by atoms with Crippen molar-refractivity contribution in [2.24, 2.45) is 0 Å². The third kappa shape index (κ3) is 4.11. The highest BCUT2D eigenvalue weighted by atomic mass is 32.2. The minimum Gasteiger partial charge on any atom is -0.454 e. The number of imidazole rings is 1. The summed E-state index contributed by atoms with van der Waals surface area (Å²) in [4.78, 5) is 44.7. The maximum Gasteiger partial charge on any atom is 0.300 e. The average molecular weight is 510 g/mol. The highest BCUT2D eigenvalue weighted by molar-refractivity contribution is 7.99. The zero-order chi connectivity index (χ0) is 25.4. The Morgan fingerprint density at radius 1 is 1.08 bits per heavy atom. The van der Waals surface area contributed by atoms with E-state index in [4.69, 9.17) is 9.47 Å². The molecule has 0 amide bonds. The van der Waals surface area contributed by atoms with Crippen LogP contribution in [-0.2, 0) is 6.54 Å². The van der Waals surface area contributed by atoms with Gasteiger partial charge in [0.15, 0.2) is 27.8 Å². The first-order valence-electron chi connectivity index (χ1n) is 10.9. The Labute approximate surface area is 206 Å². The van der Waals surface area contributed by atoms with Crippen molar-refractivity contribution in [2.45, 2.75) is 36.4 Å². The molecule has 0 N–H and O–H groups in total. The molecule has 3 heterocycles. The van der Waals surface area contributed by atoms with Crippen LogP contribution in [0.1, 0.15) is 19.8 Å². The lowest BCUT2D eigenvalue weighted by Crippen LogP contribution is -2.23. The third-order valence-corrected chi connectivity index (χ3v) is 6.47. The molecule has 0 radical (unpaired) electrons. The predicted octanol–water partition coefficient (Wildman–Crippen LogP) is 4.08. The second-order valence-corrected chi connectivity index (χ2v) is 8.84. The lowest BCUT2D eigenvalue weighted by atomic mass is 10.2. The molecule has 0 bridgehead atoms. The molecule has 36 heavy (non-hydrogen) atoms. The van der Waals surface area contributed by atoms with Crippen LogP contribution in [-0.4, -0.2) is 35.7 Å². The van der Waals surface area contributed by atoms with Gasteiger partial charge >= 0.3 is 0 Å². The van der Waals surface area contributed by atoms with Gasteiger partial charge in [-0.1, -0.05) is 25.1 Å². The average Bonchev–Trinajstić information content (AvgIpc) is 3.49. The number of rotatable bonds is 8. The van der Waals surface area contributed by atoms with Crippen molar-refractivity contribution in [3.05, 3.63) is 73.3 Å². The van der Waals surface area contributed by atoms with Crippen molar-refractivity contribution in [2.75, 3.05) is 6.79 Å². The van der Waals surface area contributed by atoms with Gasteiger partial charge in [-0.3, -0.25) is 25.0 Å². The number of non-ortho nitro benzene ring substituents is 1. The summed E-state index contributed by atoms with van der Waals surface area (Å²) in [6.45, 7) is 2.72. The van der Waals surface area contributed by atoms with Gasteiger partial charge in [0, 0.05) is 17.5 Å². The first-order chi connectivity index (χ1) is 17.4. The van der Waals surface area contributed by atoms with E-state index >= 15 is 0 Å². The second kappa shape index (κ2) is 9.30. The van der Waals surface area contributed by atoms with E-state index in [1.165, 1.54) is 12.4 Å². The van der Waals surface area contributed by atoms with Crippen LogP contribution in [0.5, 0.6) is 11.5 Å². The molecule has 13 nitrogen and oxygen atoms in total. The van der Waals surface area contributed by atoms with Crippen molar-refractivity contribution in [3.63, 3.8) is 0 Å². The van der Waals surface area contributed by atoms with Crippen LogP contribution in [0.2, 0.25) is 0 Å². The van der Waals surface area contributed by atoms with Gasteiger partial charge in [-0.15, -0.1) is 0 Å². The maximum atomic E-state index is 13.6. The molecule has 14 heteroatoms. The summed E-state index contributed by atoms with van der Waals surface area (Å²) in [5, 5.41) is 23.2. The first kappa shape index (κ1) is 23.3. The minimum atomic E-state index is -0.770. The first-order valence-corrected chi connectivity index (χ1v) is 11.7. The summed E-state index contributed by atoms with van der Waals surface area (Å²) in [6.07, 6.45) is 3.28. The Kier molecular flexibility index (Phi) is 6.01. The van der Waals surface area contributed by atoms with Gasteiger partial charge in [-0.25, -0.2) is 14.5 Å². The Morgan fingerprint density at radius 2 is 1.89 bits per heavy atom. The molecule has 2 aromatic carbocycles. The van der Waals surface area contributed by atoms with Gasteiger partial charge in [0.1, 0.15) is 5.69 Å². The number of ether oxygens (including phenoxy) is 2. The molecule has 0 aliphatic carbocycles. The smallest absolute Gasteiger partial charge is 0.300 e. The zero-order valence-electron chi connectivity index (χ0n) is 18.8. The molecule has 184 valence electrons. The van der Waals surface area contributed by atoms with Crippen molar-refractivity contribution in [1.29, 1.82) is 0 Å². The number of fused-ring (bicyclic) bond motifs is 2. The summed E-state index contributed by atoms with van der Waals surface area (Å²) in [7, 11) is 0. The molecule has 2 aromatic heterocycles. The fourth-order valence-corrected chi connectivity index (χ4v) is 4.67. The normalized spacial score (nSPS) is 12.2. The van der Waals surface area contributed by atoms with Crippen LogP contribution in [0.25, 0.3) is 16.9 Å². The van der Waals surface area contributed by atoms with Crippen LogP contribution in [0, 0.1) is 20.2 Å². The Bertz CT molecular complexity index is 1580. The third-order valence-electron chi connectivity index (χ3n) is 5.52. The van der Waals surface area contributed by atoms with Crippen molar-refractivity contribution in [1.82, 2.24) is 19.1 Å². The fraction of sp³-hybridized carbons (Fsp3) is 0.227. The molecule has 0 atom stereocenters. The van der Waals surface area contributed by atoms with Gasteiger partial charge in [-0.2, -0.15) is 0 Å². The van der Waals surface area contributed by atoms with E-state index in [2.05, 4.69) is 9.97 Å². The number of nitro groups is 2. The summed E-state index contributed by atoms with van der Waals surface area (Å²) in [5.74, 6) is 1.09. The van der Waals surface area contributed by atoms with Crippen molar-refractivity contribution >= 4 is 34.3 Å². The van der Waals surface area contributed by atoms with Gasteiger partial charge in [-0.05, 0) is 30.7 Å². The molecule has 0 fully saturated rings. The molecule has 1 aliphatic rings. The van der Waals surface area contributed by atoms with Gasteiger partial charge in [0.2, 0.25) is 6.79 Å². The predicted molar refractivity (Wildman–Crippen MR) is 128 cm³/mol. The molecule has 1 aliphatic heterocycles. The summed E-state index contributed by atoms with van der Waals surface area (Å²) in [5.41, 5.74) is -1.48. The Morgan fingerprint density at radius 3 is 2.64 bits per heavy atom. The van der Waals surface area contributed by atoms with E-state index in [1.54, 1.807) is 22.8 Å². The lowest BCUT2D eigenvalue weighted by Gasteiger charge is -2.13. The van der Waals surface area contributed by atoms with Gasteiger partial charge < -0.3 is 14.0 Å². The van der Waals surface area contributed by atoms with Crippen molar-refractivity contribution in [3.8, 4) is 17.2 Å². The molecule has 0 saturated carbocycles. The number of hydrogen-bond acceptors (Lipinski definition) is 10. The number of aryl methyl sites for hydroxylation is 1. The van der Waals surface area contributed by atoms with Crippen LogP contribution >= 0.6 is 11.8 Å². The van der Waals surface area contributed by atoms with Gasteiger partial charge in [0.05, 0.1) is 22.2 Å². The monoisotopic (exact) mass is 510 g/mol. The second-order valence-electron chi connectivity index (χ2n) is 7.80. The topological polar surface area (TPSA) is 157 Å². The van der Waals surface area contributed by atoms with E-state index in [0.29, 0.717) is 28.6 Å². The summed E-state index contributed by atoms with van der Waals surface area (Å²) in [6, 6.07) is 8.27. The quantitative estimate of drug-likeness (QED) is 0.192. The maximum absolute atomic E-state index is 13.6. The number of nitrogens with zero attached hydrogens (tertiary/aromatic N) is 6. The standard InChI is InChI=1S/C22H18N6O7S/c1-2-3-8-25-11-23-19-20(25)24-22(36-14-5-7-17-18(10-14)35-12-34-17)26(21(19)29)15-6-4-13(27(30)31)9-16(15)28(32)33/h4-7,9-11H,2-3,8,12H2,1H3. The van der Waals surface area contributed by atoms with Crippen LogP contribution < -0.4 is 15.0 Å². The summed E-state index contributed by atoms with van der Waals surface area (Å²) < 4.78 is 13.6. The number of nitro benzene ring substituents is 2. The number of benzene rings is 2. The highest BCUT2D eigenvalue weighted by Gasteiger charge is 2.26. The minimum absolute atomic E-state index is 0.0359. The molecule has 5 rings (SSSR count). The van der Waals surface area contributed by atoms with Crippen LogP contribution in [0.4, 0.5) is 11.4 Å². The molecule has 0 saturated heterocycles. The lowest BCUT2D eigenvalue weighted by molar-refractivity contribution is -0.394.